The van der Waals surface area contributed by atoms with Crippen LogP contribution in [0.2, 0.25) is 5.02 Å². The highest BCUT2D eigenvalue weighted by molar-refractivity contribution is 7.18. The first-order chi connectivity index (χ1) is 20.1. The number of benzene rings is 2. The lowest BCUT2D eigenvalue weighted by Gasteiger charge is -2.36. The maximum absolute atomic E-state index is 6.38. The molecule has 0 atom stereocenters. The number of ether oxygens (including phenoxy) is 4. The first-order valence-corrected chi connectivity index (χ1v) is 15.1. The van der Waals surface area contributed by atoms with E-state index in [9.17, 15) is 0 Å². The number of hydrogen-bond acceptors (Lipinski definition) is 10. The molecule has 0 saturated carbocycles. The van der Waals surface area contributed by atoms with Crippen molar-refractivity contribution in [2.75, 3.05) is 27.4 Å². The Bertz CT molecular complexity index is 1850. The van der Waals surface area contributed by atoms with E-state index in [4.69, 9.17) is 39.9 Å². The zero-order valence-electron chi connectivity index (χ0n) is 22.3. The lowest BCUT2D eigenvalue weighted by Crippen LogP contribution is -2.35. The summed E-state index contributed by atoms with van der Waals surface area (Å²) >= 11 is 9.39. The van der Waals surface area contributed by atoms with Gasteiger partial charge < -0.3 is 23.4 Å². The summed E-state index contributed by atoms with van der Waals surface area (Å²) in [6.45, 7) is 1.65. The Labute approximate surface area is 248 Å². The highest BCUT2D eigenvalue weighted by Gasteiger charge is 2.39. The van der Waals surface area contributed by atoms with Crippen LogP contribution in [0.25, 0.3) is 27.4 Å². The van der Waals surface area contributed by atoms with Crippen molar-refractivity contribution in [1.29, 1.82) is 0 Å². The Morgan fingerprint density at radius 3 is 2.78 bits per heavy atom. The van der Waals surface area contributed by atoms with E-state index in [1.54, 1.807) is 36.3 Å². The molecule has 0 aliphatic carbocycles. The highest BCUT2D eigenvalue weighted by Crippen LogP contribution is 2.44. The molecule has 0 spiro atoms. The molecular weight excluding hydrogens is 584 g/mol. The molecular formula is C29H25ClN4O5S2. The normalized spacial score (nSPS) is 15.0. The quantitative estimate of drug-likeness (QED) is 0.182. The Hall–Kier alpha value is -3.64. The van der Waals surface area contributed by atoms with Crippen molar-refractivity contribution in [3.63, 3.8) is 0 Å². The summed E-state index contributed by atoms with van der Waals surface area (Å²) < 4.78 is 30.8. The predicted molar refractivity (Wildman–Crippen MR) is 158 cm³/mol. The van der Waals surface area contributed by atoms with E-state index < -0.39 is 0 Å². The second kappa shape index (κ2) is 10.6. The van der Waals surface area contributed by atoms with Gasteiger partial charge in [-0.3, -0.25) is 0 Å². The van der Waals surface area contributed by atoms with Gasteiger partial charge in [0.2, 0.25) is 4.96 Å². The fourth-order valence-corrected chi connectivity index (χ4v) is 7.22. The van der Waals surface area contributed by atoms with Gasteiger partial charge >= 0.3 is 0 Å². The third-order valence-corrected chi connectivity index (χ3v) is 9.58. The number of thiazole rings is 1. The van der Waals surface area contributed by atoms with Gasteiger partial charge in [-0.1, -0.05) is 23.7 Å². The molecule has 7 rings (SSSR count). The summed E-state index contributed by atoms with van der Waals surface area (Å²) in [7, 11) is 3.20. The van der Waals surface area contributed by atoms with E-state index in [1.165, 1.54) is 16.9 Å². The van der Waals surface area contributed by atoms with Crippen LogP contribution in [-0.2, 0) is 16.8 Å². The first-order valence-electron chi connectivity index (χ1n) is 13.0. The monoisotopic (exact) mass is 608 g/mol. The number of halogens is 1. The zero-order chi connectivity index (χ0) is 28.0. The minimum atomic E-state index is -0.232. The third-order valence-electron chi connectivity index (χ3n) is 7.36. The van der Waals surface area contributed by atoms with Crippen molar-refractivity contribution < 1.29 is 23.4 Å². The maximum Gasteiger partial charge on any atom is 0.294 e. The van der Waals surface area contributed by atoms with Gasteiger partial charge in [0.15, 0.2) is 5.76 Å². The van der Waals surface area contributed by atoms with Gasteiger partial charge in [0, 0.05) is 35.7 Å². The third kappa shape index (κ3) is 4.72. The van der Waals surface area contributed by atoms with Gasteiger partial charge in [0.25, 0.3) is 5.19 Å². The summed E-state index contributed by atoms with van der Waals surface area (Å²) in [5, 5.41) is 9.63. The lowest BCUT2D eigenvalue weighted by atomic mass is 9.74. The summed E-state index contributed by atoms with van der Waals surface area (Å²) in [4.78, 5) is 10.2. The lowest BCUT2D eigenvalue weighted by molar-refractivity contribution is 0.0629. The molecule has 0 bridgehead atoms. The Balaban J connectivity index is 1.19. The van der Waals surface area contributed by atoms with Crippen LogP contribution in [0.3, 0.4) is 0 Å². The predicted octanol–water partition coefficient (Wildman–Crippen LogP) is 7.01. The Kier molecular flexibility index (Phi) is 6.82. The van der Waals surface area contributed by atoms with E-state index in [0.717, 1.165) is 34.0 Å². The van der Waals surface area contributed by atoms with Crippen LogP contribution in [0.5, 0.6) is 16.7 Å². The van der Waals surface area contributed by atoms with Crippen LogP contribution in [-0.4, -0.2) is 47.0 Å². The fraction of sp³-hybridized carbons (Fsp3) is 0.276. The van der Waals surface area contributed by atoms with Crippen molar-refractivity contribution in [1.82, 2.24) is 19.6 Å². The van der Waals surface area contributed by atoms with Gasteiger partial charge in [-0.25, -0.2) is 9.97 Å². The number of furan rings is 1. The molecule has 4 aromatic heterocycles. The molecule has 41 heavy (non-hydrogen) atoms. The number of hydrogen-bond donors (Lipinski definition) is 0. The van der Waals surface area contributed by atoms with Crippen LogP contribution < -0.4 is 14.2 Å². The molecule has 12 heteroatoms. The van der Waals surface area contributed by atoms with Gasteiger partial charge in [0.1, 0.15) is 34.4 Å². The Morgan fingerprint density at radius 1 is 1.10 bits per heavy atom. The first kappa shape index (κ1) is 26.3. The molecule has 6 aromatic rings. The number of methoxy groups -OCH3 is 2. The second-order valence-electron chi connectivity index (χ2n) is 9.70. The Morgan fingerprint density at radius 2 is 1.98 bits per heavy atom. The molecule has 0 unspecified atom stereocenters. The summed E-state index contributed by atoms with van der Waals surface area (Å²) in [6, 6.07) is 13.7. The standard InChI is InChI=1S/C29H25ClN4O5S2/c1-35-20-11-23(21-13-25(39-24(21)12-20)22-14-31-27-34(22)33-28(36-2)41-27)38-15-19-16-40-26(32-19)29(6-8-37-9-7-29)17-4-3-5-18(30)10-17/h3-5,10-14,16H,6-9,15H2,1-2H3. The van der Waals surface area contributed by atoms with Crippen molar-refractivity contribution in [3.05, 3.63) is 75.3 Å². The molecule has 0 amide bonds. The zero-order valence-corrected chi connectivity index (χ0v) is 24.6. The van der Waals surface area contributed by atoms with E-state index in [0.29, 0.717) is 58.5 Å². The number of aromatic nitrogens is 4. The molecule has 1 saturated heterocycles. The van der Waals surface area contributed by atoms with Gasteiger partial charge in [0.05, 0.1) is 36.9 Å². The summed E-state index contributed by atoms with van der Waals surface area (Å²) in [6.07, 6.45) is 3.43. The molecule has 0 N–H and O–H groups in total. The molecule has 1 fully saturated rings. The summed E-state index contributed by atoms with van der Waals surface area (Å²) in [5.41, 5.74) is 3.14. The van der Waals surface area contributed by atoms with Crippen molar-refractivity contribution in [3.8, 4) is 28.1 Å². The molecule has 9 nitrogen and oxygen atoms in total. The maximum atomic E-state index is 6.38. The van der Waals surface area contributed by atoms with Gasteiger partial charge in [-0.15, -0.1) is 16.4 Å². The largest absolute Gasteiger partial charge is 0.496 e. The van der Waals surface area contributed by atoms with Gasteiger partial charge in [-0.2, -0.15) is 4.52 Å². The van der Waals surface area contributed by atoms with E-state index in [1.807, 2.05) is 36.4 Å². The van der Waals surface area contributed by atoms with E-state index in [2.05, 4.69) is 21.5 Å². The smallest absolute Gasteiger partial charge is 0.294 e. The van der Waals surface area contributed by atoms with E-state index in [-0.39, 0.29) is 5.41 Å². The molecule has 2 aromatic carbocycles. The summed E-state index contributed by atoms with van der Waals surface area (Å²) in [5.74, 6) is 1.87. The molecule has 5 heterocycles. The van der Waals surface area contributed by atoms with Crippen LogP contribution in [0.1, 0.15) is 29.1 Å². The second-order valence-corrected chi connectivity index (χ2v) is 11.9. The van der Waals surface area contributed by atoms with Crippen molar-refractivity contribution in [2.45, 2.75) is 24.9 Å². The van der Waals surface area contributed by atoms with E-state index >= 15 is 0 Å². The molecule has 1 aliphatic heterocycles. The molecule has 0 radical (unpaired) electrons. The molecule has 210 valence electrons. The average Bonchev–Trinajstić information content (AvgIpc) is 3.79. The van der Waals surface area contributed by atoms with Crippen LogP contribution in [0.4, 0.5) is 0 Å². The number of fused-ring (bicyclic) bond motifs is 2. The number of nitrogens with zero attached hydrogens (tertiary/aromatic N) is 4. The SMILES string of the molecule is COc1cc(OCc2csc(C3(c4cccc(Cl)c4)CCOCC3)n2)c2cc(-c3cnc4sc(OC)nn34)oc2c1. The topological polar surface area (TPSA) is 93.1 Å². The van der Waals surface area contributed by atoms with Crippen LogP contribution in [0.15, 0.2) is 58.5 Å². The number of rotatable bonds is 8. The average molecular weight is 609 g/mol. The van der Waals surface area contributed by atoms with Crippen molar-refractivity contribution >= 4 is 50.2 Å². The van der Waals surface area contributed by atoms with Gasteiger partial charge in [-0.05, 0) is 47.9 Å². The number of imidazole rings is 1. The minimum absolute atomic E-state index is 0.232. The molecule has 1 aliphatic rings. The van der Waals surface area contributed by atoms with Crippen LogP contribution in [0, 0.1) is 0 Å². The fourth-order valence-electron chi connectivity index (χ4n) is 5.25. The van der Waals surface area contributed by atoms with Crippen LogP contribution >= 0.6 is 34.3 Å². The minimum Gasteiger partial charge on any atom is -0.496 e. The highest BCUT2D eigenvalue weighted by atomic mass is 35.5. The van der Waals surface area contributed by atoms with Crippen molar-refractivity contribution in [2.24, 2.45) is 0 Å².